The van der Waals surface area contributed by atoms with Crippen LogP contribution in [0.1, 0.15) is 40.0 Å². The first-order valence-electron chi connectivity index (χ1n) is 7.04. The number of nitrogens with one attached hydrogen (secondary N) is 1. The van der Waals surface area contributed by atoms with Crippen LogP contribution in [0, 0.1) is 5.41 Å². The van der Waals surface area contributed by atoms with E-state index in [1.54, 1.807) is 0 Å². The molecule has 0 bridgehead atoms. The van der Waals surface area contributed by atoms with Crippen LogP contribution in [-0.4, -0.2) is 50.8 Å². The second kappa shape index (κ2) is 7.34. The molecule has 0 aromatic carbocycles. The minimum atomic E-state index is 0.336. The van der Waals surface area contributed by atoms with Crippen molar-refractivity contribution < 1.29 is 4.74 Å². The molecule has 1 aliphatic rings. The molecule has 3 nitrogen and oxygen atoms in total. The lowest BCUT2D eigenvalue weighted by Crippen LogP contribution is -2.41. The van der Waals surface area contributed by atoms with Crippen molar-refractivity contribution in [3.05, 3.63) is 0 Å². The molecular formula is C14H30N2O. The zero-order valence-corrected chi connectivity index (χ0v) is 12.1. The van der Waals surface area contributed by atoms with Gasteiger partial charge in [-0.05, 0) is 38.3 Å². The average molecular weight is 242 g/mol. The van der Waals surface area contributed by atoms with E-state index in [0.717, 1.165) is 32.8 Å². The third-order valence-corrected chi connectivity index (χ3v) is 3.27. The fourth-order valence-corrected chi connectivity index (χ4v) is 2.59. The lowest BCUT2D eigenvalue weighted by molar-refractivity contribution is 0.0695. The Labute approximate surface area is 107 Å². The molecule has 0 amide bonds. The first kappa shape index (κ1) is 14.9. The summed E-state index contributed by atoms with van der Waals surface area (Å²) in [6, 6.07) is 0. The zero-order chi connectivity index (χ0) is 12.7. The third kappa shape index (κ3) is 6.39. The summed E-state index contributed by atoms with van der Waals surface area (Å²) in [6.45, 7) is 12.3. The molecule has 0 aromatic heterocycles. The van der Waals surface area contributed by atoms with E-state index >= 15 is 0 Å². The van der Waals surface area contributed by atoms with E-state index in [0.29, 0.717) is 11.5 Å². The maximum atomic E-state index is 5.68. The molecule has 3 heteroatoms. The predicted octanol–water partition coefficient (Wildman–Crippen LogP) is 2.12. The maximum Gasteiger partial charge on any atom is 0.0702 e. The van der Waals surface area contributed by atoms with E-state index < -0.39 is 0 Å². The molecule has 1 N–H and O–H groups in total. The fourth-order valence-electron chi connectivity index (χ4n) is 2.59. The molecule has 1 rings (SSSR count). The van der Waals surface area contributed by atoms with Crippen molar-refractivity contribution in [3.63, 3.8) is 0 Å². The van der Waals surface area contributed by atoms with Crippen molar-refractivity contribution in [1.82, 2.24) is 10.2 Å². The van der Waals surface area contributed by atoms with Gasteiger partial charge in [-0.15, -0.1) is 0 Å². The van der Waals surface area contributed by atoms with Gasteiger partial charge in [-0.1, -0.05) is 20.8 Å². The number of nitrogens with zero attached hydrogens (tertiary/aromatic N) is 1. The highest BCUT2D eigenvalue weighted by molar-refractivity contribution is 4.77. The molecule has 0 radical (unpaired) electrons. The molecule has 0 aliphatic carbocycles. The minimum absolute atomic E-state index is 0.336. The van der Waals surface area contributed by atoms with Crippen molar-refractivity contribution >= 4 is 0 Å². The van der Waals surface area contributed by atoms with Gasteiger partial charge >= 0.3 is 0 Å². The van der Waals surface area contributed by atoms with Gasteiger partial charge in [0.25, 0.3) is 0 Å². The van der Waals surface area contributed by atoms with Crippen molar-refractivity contribution in [2.75, 3.05) is 39.8 Å². The number of ether oxygens (including phenoxy) is 1. The van der Waals surface area contributed by atoms with Gasteiger partial charge in [-0.3, -0.25) is 0 Å². The predicted molar refractivity (Wildman–Crippen MR) is 73.4 cm³/mol. The Kier molecular flexibility index (Phi) is 6.45. The van der Waals surface area contributed by atoms with Gasteiger partial charge in [0.1, 0.15) is 0 Å². The Hall–Kier alpha value is -0.120. The summed E-state index contributed by atoms with van der Waals surface area (Å²) in [6.07, 6.45) is 4.15. The van der Waals surface area contributed by atoms with E-state index in [1.165, 1.54) is 19.3 Å². The summed E-state index contributed by atoms with van der Waals surface area (Å²) < 4.78 is 5.68. The summed E-state index contributed by atoms with van der Waals surface area (Å²) >= 11 is 0. The largest absolute Gasteiger partial charge is 0.377 e. The molecule has 0 saturated carbocycles. The van der Waals surface area contributed by atoms with Gasteiger partial charge in [-0.2, -0.15) is 0 Å². The van der Waals surface area contributed by atoms with Gasteiger partial charge in [0.2, 0.25) is 0 Å². The zero-order valence-electron chi connectivity index (χ0n) is 12.1. The molecule has 1 fully saturated rings. The van der Waals surface area contributed by atoms with Gasteiger partial charge in [0.15, 0.2) is 0 Å². The third-order valence-electron chi connectivity index (χ3n) is 3.27. The maximum absolute atomic E-state index is 5.68. The Morgan fingerprint density at radius 2 is 2.18 bits per heavy atom. The van der Waals surface area contributed by atoms with Crippen LogP contribution in [0.5, 0.6) is 0 Å². The van der Waals surface area contributed by atoms with E-state index in [-0.39, 0.29) is 0 Å². The lowest BCUT2D eigenvalue weighted by Gasteiger charge is -2.31. The molecule has 1 aliphatic heterocycles. The molecule has 1 unspecified atom stereocenters. The summed E-state index contributed by atoms with van der Waals surface area (Å²) in [7, 11) is 2.21. The molecular weight excluding hydrogens is 212 g/mol. The molecule has 1 atom stereocenters. The quantitative estimate of drug-likeness (QED) is 0.660. The number of hydrogen-bond donors (Lipinski definition) is 1. The number of hydrogen-bond acceptors (Lipinski definition) is 3. The topological polar surface area (TPSA) is 24.5 Å². The van der Waals surface area contributed by atoms with Crippen molar-refractivity contribution in [2.45, 2.75) is 46.1 Å². The van der Waals surface area contributed by atoms with E-state index in [9.17, 15) is 0 Å². The van der Waals surface area contributed by atoms with Crippen LogP contribution in [0.3, 0.4) is 0 Å². The summed E-state index contributed by atoms with van der Waals surface area (Å²) in [5, 5.41) is 3.52. The molecule has 102 valence electrons. The van der Waals surface area contributed by atoms with E-state index in [4.69, 9.17) is 4.74 Å². The van der Waals surface area contributed by atoms with Crippen molar-refractivity contribution in [3.8, 4) is 0 Å². The van der Waals surface area contributed by atoms with Crippen LogP contribution in [0.2, 0.25) is 0 Å². The monoisotopic (exact) mass is 242 g/mol. The van der Waals surface area contributed by atoms with Crippen LogP contribution >= 0.6 is 0 Å². The van der Waals surface area contributed by atoms with Crippen molar-refractivity contribution in [2.24, 2.45) is 5.41 Å². The Balaban J connectivity index is 2.20. The van der Waals surface area contributed by atoms with Crippen LogP contribution in [-0.2, 0) is 4.74 Å². The molecule has 1 heterocycles. The standard InChI is InChI=1S/C14H30N2O/c1-5-8-15-11-14(2,3)12-16(4)10-13-7-6-9-17-13/h13,15H,5-12H2,1-4H3. The smallest absolute Gasteiger partial charge is 0.0702 e. The van der Waals surface area contributed by atoms with Crippen LogP contribution in [0.15, 0.2) is 0 Å². The second-order valence-electron chi connectivity index (χ2n) is 6.17. The first-order valence-corrected chi connectivity index (χ1v) is 7.04. The Morgan fingerprint density at radius 1 is 1.41 bits per heavy atom. The molecule has 0 spiro atoms. The van der Waals surface area contributed by atoms with Gasteiger partial charge in [0.05, 0.1) is 6.10 Å². The summed E-state index contributed by atoms with van der Waals surface area (Å²) in [5.74, 6) is 0. The van der Waals surface area contributed by atoms with E-state index in [1.807, 2.05) is 0 Å². The van der Waals surface area contributed by atoms with Crippen LogP contribution in [0.25, 0.3) is 0 Å². The normalized spacial score (nSPS) is 21.4. The Morgan fingerprint density at radius 3 is 2.76 bits per heavy atom. The van der Waals surface area contributed by atoms with Gasteiger partial charge in [0, 0.05) is 26.2 Å². The van der Waals surface area contributed by atoms with Gasteiger partial charge in [-0.25, -0.2) is 0 Å². The Bertz CT molecular complexity index is 200. The van der Waals surface area contributed by atoms with Crippen LogP contribution < -0.4 is 5.32 Å². The van der Waals surface area contributed by atoms with Crippen LogP contribution in [0.4, 0.5) is 0 Å². The highest BCUT2D eigenvalue weighted by Gasteiger charge is 2.23. The number of likely N-dealkylation sites (N-methyl/N-ethyl adjacent to an activating group) is 1. The van der Waals surface area contributed by atoms with E-state index in [2.05, 4.69) is 38.0 Å². The molecule has 17 heavy (non-hydrogen) atoms. The summed E-state index contributed by atoms with van der Waals surface area (Å²) in [5.41, 5.74) is 0.336. The lowest BCUT2D eigenvalue weighted by atomic mass is 9.92. The van der Waals surface area contributed by atoms with Crippen molar-refractivity contribution in [1.29, 1.82) is 0 Å². The number of rotatable bonds is 8. The molecule has 0 aromatic rings. The average Bonchev–Trinajstić information content (AvgIpc) is 2.69. The summed E-state index contributed by atoms with van der Waals surface area (Å²) in [4.78, 5) is 2.42. The fraction of sp³-hybridized carbons (Fsp3) is 1.00. The highest BCUT2D eigenvalue weighted by atomic mass is 16.5. The molecule has 1 saturated heterocycles. The first-order chi connectivity index (χ1) is 8.03. The minimum Gasteiger partial charge on any atom is -0.377 e. The highest BCUT2D eigenvalue weighted by Crippen LogP contribution is 2.18. The SMILES string of the molecule is CCCNCC(C)(C)CN(C)CC1CCCO1. The van der Waals surface area contributed by atoms with Gasteiger partial charge < -0.3 is 15.0 Å². The second-order valence-corrected chi connectivity index (χ2v) is 6.17.